The van der Waals surface area contributed by atoms with Crippen LogP contribution in [0.1, 0.15) is 39.9 Å². The second kappa shape index (κ2) is 10.1. The Kier molecular flexibility index (Phi) is 6.76. The molecule has 0 aliphatic carbocycles. The molecule has 0 aromatic heterocycles. The maximum absolute atomic E-state index is 13.0. The molecule has 0 bridgehead atoms. The van der Waals surface area contributed by atoms with E-state index in [1.165, 1.54) is 11.1 Å². The number of carbonyl (C=O) groups is 1. The van der Waals surface area contributed by atoms with Crippen molar-refractivity contribution in [3.8, 4) is 6.07 Å². The minimum Gasteiger partial charge on any atom is -0.333 e. The number of amides is 1. The van der Waals surface area contributed by atoms with E-state index in [0.717, 1.165) is 30.6 Å². The van der Waals surface area contributed by atoms with Crippen LogP contribution >= 0.6 is 0 Å². The number of benzene rings is 3. The molecular formula is C27H27N3O. The smallest absolute Gasteiger partial charge is 0.254 e. The third kappa shape index (κ3) is 5.20. The van der Waals surface area contributed by atoms with Crippen LogP contribution in [-0.2, 0) is 19.6 Å². The molecule has 31 heavy (non-hydrogen) atoms. The lowest BCUT2D eigenvalue weighted by atomic mass is 10.1. The van der Waals surface area contributed by atoms with Gasteiger partial charge < -0.3 is 4.90 Å². The molecule has 0 fully saturated rings. The monoisotopic (exact) mass is 409 g/mol. The minimum atomic E-state index is 0.0944. The van der Waals surface area contributed by atoms with Gasteiger partial charge in [-0.25, -0.2) is 0 Å². The Hall–Kier alpha value is -3.42. The van der Waals surface area contributed by atoms with Gasteiger partial charge in [0.25, 0.3) is 5.91 Å². The van der Waals surface area contributed by atoms with Crippen LogP contribution in [0.2, 0.25) is 0 Å². The van der Waals surface area contributed by atoms with Gasteiger partial charge in [-0.05, 0) is 29.2 Å². The van der Waals surface area contributed by atoms with E-state index in [9.17, 15) is 10.1 Å². The van der Waals surface area contributed by atoms with Crippen molar-refractivity contribution in [1.29, 1.82) is 5.26 Å². The van der Waals surface area contributed by atoms with E-state index in [-0.39, 0.29) is 11.9 Å². The molecular weight excluding hydrogens is 382 g/mol. The summed E-state index contributed by atoms with van der Waals surface area (Å²) >= 11 is 0. The number of nitrogens with zero attached hydrogens (tertiary/aromatic N) is 3. The third-order valence-corrected chi connectivity index (χ3v) is 5.89. The number of nitriles is 1. The van der Waals surface area contributed by atoms with Crippen molar-refractivity contribution < 1.29 is 4.79 Å². The molecule has 0 N–H and O–H groups in total. The van der Waals surface area contributed by atoms with Crippen molar-refractivity contribution >= 4 is 5.91 Å². The van der Waals surface area contributed by atoms with E-state index < -0.39 is 0 Å². The number of carbonyl (C=O) groups excluding carboxylic acids is 1. The Morgan fingerprint density at radius 1 is 0.871 bits per heavy atom. The molecule has 1 aliphatic rings. The van der Waals surface area contributed by atoms with Crippen LogP contribution in [-0.4, -0.2) is 28.3 Å². The van der Waals surface area contributed by atoms with Crippen molar-refractivity contribution in [3.63, 3.8) is 0 Å². The Morgan fingerprint density at radius 2 is 1.45 bits per heavy atom. The van der Waals surface area contributed by atoms with Crippen LogP contribution in [0.4, 0.5) is 0 Å². The summed E-state index contributed by atoms with van der Waals surface area (Å²) in [4.78, 5) is 17.3. The molecule has 0 unspecified atom stereocenters. The molecule has 0 saturated carbocycles. The first-order chi connectivity index (χ1) is 15.2. The lowest BCUT2D eigenvalue weighted by Gasteiger charge is -2.34. The zero-order chi connectivity index (χ0) is 21.5. The fourth-order valence-electron chi connectivity index (χ4n) is 4.29. The normalized spacial score (nSPS) is 13.8. The Morgan fingerprint density at radius 3 is 2.03 bits per heavy atom. The van der Waals surface area contributed by atoms with Crippen LogP contribution in [0, 0.1) is 11.3 Å². The molecule has 156 valence electrons. The van der Waals surface area contributed by atoms with E-state index >= 15 is 0 Å². The predicted molar refractivity (Wildman–Crippen MR) is 122 cm³/mol. The highest BCUT2D eigenvalue weighted by molar-refractivity contribution is 5.98. The lowest BCUT2D eigenvalue weighted by molar-refractivity contribution is 0.0674. The molecule has 4 rings (SSSR count). The van der Waals surface area contributed by atoms with Crippen molar-refractivity contribution in [2.45, 2.75) is 38.5 Å². The maximum Gasteiger partial charge on any atom is 0.254 e. The van der Waals surface area contributed by atoms with Gasteiger partial charge in [0.2, 0.25) is 0 Å². The fourth-order valence-corrected chi connectivity index (χ4v) is 4.29. The van der Waals surface area contributed by atoms with E-state index in [0.29, 0.717) is 19.5 Å². The molecule has 1 aliphatic heterocycles. The summed E-state index contributed by atoms with van der Waals surface area (Å²) in [5.74, 6) is 0.0944. The van der Waals surface area contributed by atoms with Crippen molar-refractivity contribution in [3.05, 3.63) is 107 Å². The van der Waals surface area contributed by atoms with Gasteiger partial charge in [0.1, 0.15) is 0 Å². The first-order valence-corrected chi connectivity index (χ1v) is 10.8. The van der Waals surface area contributed by atoms with Crippen LogP contribution in [0.25, 0.3) is 0 Å². The van der Waals surface area contributed by atoms with Gasteiger partial charge in [-0.1, -0.05) is 78.9 Å². The molecule has 1 atom stereocenters. The van der Waals surface area contributed by atoms with Crippen LogP contribution in [0.5, 0.6) is 0 Å². The quantitative estimate of drug-likeness (QED) is 0.499. The molecule has 1 amide bonds. The van der Waals surface area contributed by atoms with E-state index in [2.05, 4.69) is 59.5 Å². The molecule has 0 saturated heterocycles. The summed E-state index contributed by atoms with van der Waals surface area (Å²) in [6, 6.07) is 31.1. The van der Waals surface area contributed by atoms with Gasteiger partial charge in [-0.3, -0.25) is 9.69 Å². The standard InChI is InChI=1S/C27H27N3O/c28-17-9-15-25(21-30-20-24-14-7-8-16-26(24)27(30)31)29(18-22-10-3-1-4-11-22)19-23-12-5-2-6-13-23/h1-8,10-14,16,25H,9,15,18-21H2/t25-/m1/s1. The van der Waals surface area contributed by atoms with Crippen LogP contribution in [0.3, 0.4) is 0 Å². The summed E-state index contributed by atoms with van der Waals surface area (Å²) in [7, 11) is 0. The molecule has 0 radical (unpaired) electrons. The van der Waals surface area contributed by atoms with E-state index in [1.807, 2.05) is 41.3 Å². The van der Waals surface area contributed by atoms with E-state index in [1.54, 1.807) is 0 Å². The molecule has 3 aromatic rings. The summed E-state index contributed by atoms with van der Waals surface area (Å²) in [5.41, 5.74) is 4.36. The zero-order valence-electron chi connectivity index (χ0n) is 17.7. The van der Waals surface area contributed by atoms with Crippen LogP contribution < -0.4 is 0 Å². The Labute approximate surface area is 184 Å². The van der Waals surface area contributed by atoms with Crippen molar-refractivity contribution in [2.75, 3.05) is 6.54 Å². The van der Waals surface area contributed by atoms with Crippen LogP contribution in [0.15, 0.2) is 84.9 Å². The highest BCUT2D eigenvalue weighted by Gasteiger charge is 2.30. The minimum absolute atomic E-state index is 0.0944. The van der Waals surface area contributed by atoms with Gasteiger partial charge in [-0.2, -0.15) is 5.26 Å². The second-order valence-corrected chi connectivity index (χ2v) is 8.07. The molecule has 4 heteroatoms. The summed E-state index contributed by atoms with van der Waals surface area (Å²) in [6.07, 6.45) is 1.20. The average Bonchev–Trinajstić information content (AvgIpc) is 3.13. The molecule has 0 spiro atoms. The number of rotatable bonds is 9. The van der Waals surface area contributed by atoms with Gasteiger partial charge >= 0.3 is 0 Å². The summed E-state index contributed by atoms with van der Waals surface area (Å²) in [5, 5.41) is 9.28. The predicted octanol–water partition coefficient (Wildman–Crippen LogP) is 5.02. The second-order valence-electron chi connectivity index (χ2n) is 8.07. The highest BCUT2D eigenvalue weighted by atomic mass is 16.2. The molecule has 3 aromatic carbocycles. The van der Waals surface area contributed by atoms with E-state index in [4.69, 9.17) is 0 Å². The van der Waals surface area contributed by atoms with Crippen molar-refractivity contribution in [1.82, 2.24) is 9.80 Å². The zero-order valence-corrected chi connectivity index (χ0v) is 17.7. The summed E-state index contributed by atoms with van der Waals surface area (Å²) in [6.45, 7) is 2.82. The largest absolute Gasteiger partial charge is 0.333 e. The Balaban J connectivity index is 1.58. The number of fused-ring (bicyclic) bond motifs is 1. The van der Waals surface area contributed by atoms with Gasteiger partial charge in [-0.15, -0.1) is 0 Å². The number of hydrogen-bond donors (Lipinski definition) is 0. The maximum atomic E-state index is 13.0. The van der Waals surface area contributed by atoms with Crippen molar-refractivity contribution in [2.24, 2.45) is 0 Å². The summed E-state index contributed by atoms with van der Waals surface area (Å²) < 4.78 is 0. The van der Waals surface area contributed by atoms with Gasteiger partial charge in [0.05, 0.1) is 6.07 Å². The SMILES string of the molecule is N#CCC[C@H](CN1Cc2ccccc2C1=O)N(Cc1ccccc1)Cc1ccccc1. The third-order valence-electron chi connectivity index (χ3n) is 5.89. The first-order valence-electron chi connectivity index (χ1n) is 10.8. The fraction of sp³-hybridized carbons (Fsp3) is 0.259. The average molecular weight is 410 g/mol. The first kappa shape index (κ1) is 20.8. The topological polar surface area (TPSA) is 47.3 Å². The molecule has 1 heterocycles. The number of hydrogen-bond acceptors (Lipinski definition) is 3. The highest BCUT2D eigenvalue weighted by Crippen LogP contribution is 2.25. The lowest BCUT2D eigenvalue weighted by Crippen LogP contribution is -2.43. The Bertz CT molecular complexity index is 1000. The van der Waals surface area contributed by atoms with Gasteiger partial charge in [0, 0.05) is 44.2 Å². The van der Waals surface area contributed by atoms with Gasteiger partial charge in [0.15, 0.2) is 0 Å². The molecule has 4 nitrogen and oxygen atoms in total.